The summed E-state index contributed by atoms with van der Waals surface area (Å²) < 4.78 is 35.6. The zero-order valence-corrected chi connectivity index (χ0v) is 10.1. The fourth-order valence-electron chi connectivity index (χ4n) is 0.984. The first-order valence-corrected chi connectivity index (χ1v) is 5.85. The minimum Gasteiger partial charge on any atom is -0.388 e. The number of halogens is 3. The largest absolute Gasteiger partial charge is 0.441 e. The average Bonchev–Trinajstić information content (AvgIpc) is 2.23. The highest BCUT2D eigenvalue weighted by atomic mass is 32.2. The van der Waals surface area contributed by atoms with Crippen molar-refractivity contribution in [2.24, 2.45) is 5.73 Å². The highest BCUT2D eigenvalue weighted by molar-refractivity contribution is 8.00. The Morgan fingerprint density at radius 2 is 2.06 bits per heavy atom. The van der Waals surface area contributed by atoms with Crippen molar-refractivity contribution in [2.45, 2.75) is 5.51 Å². The van der Waals surface area contributed by atoms with E-state index in [2.05, 4.69) is 15.3 Å². The summed E-state index contributed by atoms with van der Waals surface area (Å²) in [6, 6.07) is 0. The van der Waals surface area contributed by atoms with Crippen LogP contribution in [-0.4, -0.2) is 32.8 Å². The summed E-state index contributed by atoms with van der Waals surface area (Å²) in [6.07, 6.45) is 2.81. The van der Waals surface area contributed by atoms with Crippen LogP contribution in [0.4, 0.5) is 19.0 Å². The lowest BCUT2D eigenvalue weighted by molar-refractivity contribution is -0.0327. The number of thioether (sulfide) groups is 1. The molecule has 1 heterocycles. The van der Waals surface area contributed by atoms with E-state index in [4.69, 9.17) is 18.0 Å². The van der Waals surface area contributed by atoms with Crippen LogP contribution in [0.25, 0.3) is 0 Å². The number of rotatable bonds is 5. The number of thiocarbonyl (C=S) groups is 1. The minimum atomic E-state index is -4.23. The molecule has 0 radical (unpaired) electrons. The second-order valence-corrected chi connectivity index (χ2v) is 4.44. The average molecular weight is 282 g/mol. The van der Waals surface area contributed by atoms with Gasteiger partial charge in [-0.05, 0) is 11.8 Å². The van der Waals surface area contributed by atoms with Gasteiger partial charge < -0.3 is 11.1 Å². The van der Waals surface area contributed by atoms with Crippen LogP contribution in [0, 0.1) is 0 Å². The zero-order chi connectivity index (χ0) is 12.9. The molecule has 0 saturated heterocycles. The molecule has 0 saturated carbocycles. The first-order valence-electron chi connectivity index (χ1n) is 4.45. The molecule has 0 spiro atoms. The van der Waals surface area contributed by atoms with Crippen molar-refractivity contribution >= 4 is 34.8 Å². The Morgan fingerprint density at radius 1 is 1.41 bits per heavy atom. The lowest BCUT2D eigenvalue weighted by Gasteiger charge is -2.09. The van der Waals surface area contributed by atoms with Gasteiger partial charge in [-0.2, -0.15) is 13.2 Å². The van der Waals surface area contributed by atoms with Gasteiger partial charge >= 0.3 is 5.51 Å². The van der Waals surface area contributed by atoms with E-state index in [0.29, 0.717) is 5.82 Å². The molecule has 9 heteroatoms. The van der Waals surface area contributed by atoms with E-state index in [1.54, 1.807) is 0 Å². The van der Waals surface area contributed by atoms with Crippen LogP contribution in [0.5, 0.6) is 0 Å². The standard InChI is InChI=1S/C8H9F3N4S2/c9-8(10,11)17-4-3-15-7-5(6(12)16)13-1-2-14-7/h1-2H,3-4H2,(H2,12,16)(H,14,15). The van der Waals surface area contributed by atoms with Gasteiger partial charge in [0.25, 0.3) is 0 Å². The van der Waals surface area contributed by atoms with Crippen LogP contribution in [0.3, 0.4) is 0 Å². The van der Waals surface area contributed by atoms with Gasteiger partial charge in [0.15, 0.2) is 5.82 Å². The quantitative estimate of drug-likeness (QED) is 0.634. The molecule has 17 heavy (non-hydrogen) atoms. The molecule has 0 fully saturated rings. The molecule has 0 amide bonds. The monoisotopic (exact) mass is 282 g/mol. The van der Waals surface area contributed by atoms with Gasteiger partial charge in [0, 0.05) is 24.7 Å². The second kappa shape index (κ2) is 6.01. The Morgan fingerprint density at radius 3 is 2.65 bits per heavy atom. The number of nitrogens with one attached hydrogen (secondary N) is 1. The Kier molecular flexibility index (Phi) is 4.94. The second-order valence-electron chi connectivity index (χ2n) is 2.84. The lowest BCUT2D eigenvalue weighted by atomic mass is 10.4. The highest BCUT2D eigenvalue weighted by Gasteiger charge is 2.27. The van der Waals surface area contributed by atoms with Crippen LogP contribution in [-0.2, 0) is 0 Å². The van der Waals surface area contributed by atoms with Crippen molar-refractivity contribution in [3.63, 3.8) is 0 Å². The van der Waals surface area contributed by atoms with Crippen molar-refractivity contribution in [1.82, 2.24) is 9.97 Å². The SMILES string of the molecule is NC(=S)c1nccnc1NCCSC(F)(F)F. The predicted octanol–water partition coefficient (Wildman–Crippen LogP) is 1.78. The maximum absolute atomic E-state index is 11.9. The van der Waals surface area contributed by atoms with Crippen molar-refractivity contribution in [3.05, 3.63) is 18.1 Å². The van der Waals surface area contributed by atoms with E-state index < -0.39 is 5.51 Å². The molecule has 0 aromatic carbocycles. The van der Waals surface area contributed by atoms with Crippen LogP contribution in [0.15, 0.2) is 12.4 Å². The maximum atomic E-state index is 11.9. The molecule has 0 bridgehead atoms. The summed E-state index contributed by atoms with van der Waals surface area (Å²) in [5, 5.41) is 2.71. The molecule has 3 N–H and O–H groups in total. The molecule has 0 aliphatic heterocycles. The Balaban J connectivity index is 2.49. The van der Waals surface area contributed by atoms with E-state index in [1.807, 2.05) is 0 Å². The van der Waals surface area contributed by atoms with E-state index >= 15 is 0 Å². The predicted molar refractivity (Wildman–Crippen MR) is 64.9 cm³/mol. The third kappa shape index (κ3) is 5.18. The molecule has 0 atom stereocenters. The van der Waals surface area contributed by atoms with Crippen molar-refractivity contribution in [1.29, 1.82) is 0 Å². The molecule has 1 aromatic rings. The first kappa shape index (κ1) is 14.0. The van der Waals surface area contributed by atoms with Crippen LogP contribution < -0.4 is 11.1 Å². The van der Waals surface area contributed by atoms with Gasteiger partial charge in [0.05, 0.1) is 0 Å². The van der Waals surface area contributed by atoms with Crippen LogP contribution >= 0.6 is 24.0 Å². The van der Waals surface area contributed by atoms with E-state index in [1.165, 1.54) is 12.4 Å². The van der Waals surface area contributed by atoms with Crippen molar-refractivity contribution in [3.8, 4) is 0 Å². The molecule has 1 aromatic heterocycles. The smallest absolute Gasteiger partial charge is 0.388 e. The number of alkyl halides is 3. The third-order valence-electron chi connectivity index (χ3n) is 1.59. The van der Waals surface area contributed by atoms with Gasteiger partial charge in [-0.15, -0.1) is 0 Å². The topological polar surface area (TPSA) is 63.8 Å². The van der Waals surface area contributed by atoms with Crippen LogP contribution in [0.2, 0.25) is 0 Å². The molecule has 0 aliphatic rings. The summed E-state index contributed by atoms with van der Waals surface area (Å²) in [6.45, 7) is 0.0957. The van der Waals surface area contributed by atoms with E-state index in [-0.39, 0.29) is 34.7 Å². The molecule has 0 aliphatic carbocycles. The molecule has 1 rings (SSSR count). The van der Waals surface area contributed by atoms with Gasteiger partial charge in [0.2, 0.25) is 0 Å². The zero-order valence-electron chi connectivity index (χ0n) is 8.49. The number of hydrogen-bond acceptors (Lipinski definition) is 5. The summed E-state index contributed by atoms with van der Waals surface area (Å²) >= 11 is 4.63. The van der Waals surface area contributed by atoms with Gasteiger partial charge in [0.1, 0.15) is 10.7 Å². The van der Waals surface area contributed by atoms with Crippen LogP contribution in [0.1, 0.15) is 5.69 Å². The molecular formula is C8H9F3N4S2. The summed E-state index contributed by atoms with van der Waals surface area (Å²) in [5.74, 6) is 0.166. The summed E-state index contributed by atoms with van der Waals surface area (Å²) in [7, 11) is 0. The maximum Gasteiger partial charge on any atom is 0.441 e. The molecule has 4 nitrogen and oxygen atoms in total. The first-order chi connectivity index (χ1) is 7.90. The Labute approximate surface area is 105 Å². The van der Waals surface area contributed by atoms with Gasteiger partial charge in [-0.1, -0.05) is 12.2 Å². The minimum absolute atomic E-state index is 0.0454. The molecular weight excluding hydrogens is 273 g/mol. The fourth-order valence-corrected chi connectivity index (χ4v) is 1.57. The summed E-state index contributed by atoms with van der Waals surface area (Å²) in [5.41, 5.74) is 1.44. The fraction of sp³-hybridized carbons (Fsp3) is 0.375. The Bertz CT molecular complexity index is 397. The normalized spacial score (nSPS) is 11.2. The lowest BCUT2D eigenvalue weighted by Crippen LogP contribution is -2.18. The van der Waals surface area contributed by atoms with Gasteiger partial charge in [-0.3, -0.25) is 0 Å². The van der Waals surface area contributed by atoms with Gasteiger partial charge in [-0.25, -0.2) is 9.97 Å². The molecule has 94 valence electrons. The number of aromatic nitrogens is 2. The third-order valence-corrected chi connectivity index (χ3v) is 2.52. The molecule has 0 unspecified atom stereocenters. The van der Waals surface area contributed by atoms with E-state index in [0.717, 1.165) is 0 Å². The number of anilines is 1. The number of nitrogens with two attached hydrogens (primary N) is 1. The van der Waals surface area contributed by atoms with E-state index in [9.17, 15) is 13.2 Å². The van der Waals surface area contributed by atoms with Crippen molar-refractivity contribution in [2.75, 3.05) is 17.6 Å². The Hall–Kier alpha value is -1.09. The number of nitrogens with zero attached hydrogens (tertiary/aromatic N) is 2. The summed E-state index contributed by atoms with van der Waals surface area (Å²) in [4.78, 5) is 7.83. The highest BCUT2D eigenvalue weighted by Crippen LogP contribution is 2.29. The number of hydrogen-bond donors (Lipinski definition) is 2. The van der Waals surface area contributed by atoms with Crippen molar-refractivity contribution < 1.29 is 13.2 Å².